The molecule has 96 valence electrons. The predicted molar refractivity (Wildman–Crippen MR) is 63.1 cm³/mol. The lowest BCUT2D eigenvalue weighted by Crippen LogP contribution is -2.28. The minimum absolute atomic E-state index is 0.0559. The topological polar surface area (TPSA) is 87.1 Å². The van der Waals surface area contributed by atoms with E-state index in [-0.39, 0.29) is 17.2 Å². The van der Waals surface area contributed by atoms with Gasteiger partial charge in [0.1, 0.15) is 0 Å². The van der Waals surface area contributed by atoms with Gasteiger partial charge in [0.05, 0.1) is 23.8 Å². The third-order valence-electron chi connectivity index (χ3n) is 3.34. The van der Waals surface area contributed by atoms with Crippen molar-refractivity contribution in [1.82, 2.24) is 0 Å². The maximum atomic E-state index is 11.3. The molecule has 5 nitrogen and oxygen atoms in total. The van der Waals surface area contributed by atoms with E-state index >= 15 is 0 Å². The number of carboxylic acids is 2. The summed E-state index contributed by atoms with van der Waals surface area (Å²) in [4.78, 5) is 22.4. The van der Waals surface area contributed by atoms with Crippen molar-refractivity contribution in [3.05, 3.63) is 34.9 Å². The molecule has 1 aliphatic heterocycles. The molecular formula is C13H14O5. The van der Waals surface area contributed by atoms with Gasteiger partial charge in [-0.1, -0.05) is 26.0 Å². The number of hydrogen-bond acceptors (Lipinski definition) is 3. The molecule has 1 heterocycles. The molecule has 0 saturated carbocycles. The molecule has 0 radical (unpaired) electrons. The van der Waals surface area contributed by atoms with Gasteiger partial charge in [0.25, 0.3) is 0 Å². The summed E-state index contributed by atoms with van der Waals surface area (Å²) in [5, 5.41) is 18.3. The molecule has 18 heavy (non-hydrogen) atoms. The lowest BCUT2D eigenvalue weighted by Gasteiger charge is -2.25. The first kappa shape index (κ1) is 12.6. The summed E-state index contributed by atoms with van der Waals surface area (Å²) < 4.78 is 5.22. The molecular weight excluding hydrogens is 236 g/mol. The van der Waals surface area contributed by atoms with Gasteiger partial charge < -0.3 is 14.9 Å². The molecule has 0 spiro atoms. The largest absolute Gasteiger partial charge is 0.478 e. The Balaban J connectivity index is 2.63. The summed E-state index contributed by atoms with van der Waals surface area (Å²) in [6, 6.07) is 4.52. The second kappa shape index (κ2) is 4.10. The Morgan fingerprint density at radius 3 is 2.33 bits per heavy atom. The second-order valence-corrected chi connectivity index (χ2v) is 4.88. The molecule has 0 amide bonds. The molecule has 2 rings (SSSR count). The van der Waals surface area contributed by atoms with Gasteiger partial charge in [-0.2, -0.15) is 0 Å². The average molecular weight is 250 g/mol. The number of ether oxygens (including phenoxy) is 1. The van der Waals surface area contributed by atoms with E-state index in [2.05, 4.69) is 0 Å². The normalized spacial score (nSPS) is 18.4. The SMILES string of the molecule is CC(C)(c1cccc(C(=O)O)c1C(=O)O)C1CO1. The number of aromatic carboxylic acids is 2. The van der Waals surface area contributed by atoms with Crippen LogP contribution in [0.3, 0.4) is 0 Å². The Bertz CT molecular complexity index is 514. The van der Waals surface area contributed by atoms with Gasteiger partial charge in [-0.25, -0.2) is 9.59 Å². The molecule has 5 heteroatoms. The van der Waals surface area contributed by atoms with Crippen molar-refractivity contribution in [2.24, 2.45) is 0 Å². The Morgan fingerprint density at radius 2 is 1.89 bits per heavy atom. The lowest BCUT2D eigenvalue weighted by atomic mass is 9.78. The highest BCUT2D eigenvalue weighted by Gasteiger charge is 2.43. The summed E-state index contributed by atoms with van der Waals surface area (Å²) in [6.07, 6.45) is -0.0559. The molecule has 0 aromatic heterocycles. The van der Waals surface area contributed by atoms with E-state index in [4.69, 9.17) is 9.84 Å². The Labute approximate surface area is 104 Å². The monoisotopic (exact) mass is 250 g/mol. The van der Waals surface area contributed by atoms with Crippen LogP contribution in [0.4, 0.5) is 0 Å². The molecule has 1 aromatic rings. The molecule has 1 saturated heterocycles. The fourth-order valence-electron chi connectivity index (χ4n) is 2.14. The molecule has 1 unspecified atom stereocenters. The van der Waals surface area contributed by atoms with Crippen molar-refractivity contribution >= 4 is 11.9 Å². The van der Waals surface area contributed by atoms with Gasteiger partial charge in [0.15, 0.2) is 0 Å². The Morgan fingerprint density at radius 1 is 1.28 bits per heavy atom. The molecule has 1 atom stereocenters. The van der Waals surface area contributed by atoms with Crippen LogP contribution in [0.1, 0.15) is 40.1 Å². The van der Waals surface area contributed by atoms with E-state index in [0.717, 1.165) is 0 Å². The van der Waals surface area contributed by atoms with Gasteiger partial charge in [-0.05, 0) is 11.6 Å². The van der Waals surface area contributed by atoms with Crippen molar-refractivity contribution in [1.29, 1.82) is 0 Å². The maximum Gasteiger partial charge on any atom is 0.336 e. The van der Waals surface area contributed by atoms with Crippen molar-refractivity contribution in [2.75, 3.05) is 6.61 Å². The highest BCUT2D eigenvalue weighted by molar-refractivity contribution is 6.03. The molecule has 1 aliphatic rings. The van der Waals surface area contributed by atoms with Crippen LogP contribution in [0.2, 0.25) is 0 Å². The number of carbonyl (C=O) groups is 2. The van der Waals surface area contributed by atoms with Crippen LogP contribution in [-0.2, 0) is 10.2 Å². The van der Waals surface area contributed by atoms with Gasteiger partial charge in [0, 0.05) is 5.41 Å². The summed E-state index contributed by atoms with van der Waals surface area (Å²) in [5.74, 6) is -2.46. The minimum atomic E-state index is -1.23. The molecule has 0 bridgehead atoms. The first-order chi connectivity index (χ1) is 8.35. The quantitative estimate of drug-likeness (QED) is 0.795. The van der Waals surface area contributed by atoms with Gasteiger partial charge >= 0.3 is 11.9 Å². The number of carboxylic acid groups (broad SMARTS) is 2. The first-order valence-corrected chi connectivity index (χ1v) is 5.57. The van der Waals surface area contributed by atoms with E-state index in [1.807, 2.05) is 13.8 Å². The standard InChI is InChI=1S/C13H14O5/c1-13(2,9-6-18-9)8-5-3-4-7(11(14)15)10(8)12(16)17/h3-5,9H,6H2,1-2H3,(H,14,15)(H,16,17). The highest BCUT2D eigenvalue weighted by Crippen LogP contribution is 2.38. The zero-order valence-corrected chi connectivity index (χ0v) is 10.1. The number of benzene rings is 1. The van der Waals surface area contributed by atoms with E-state index in [1.165, 1.54) is 6.07 Å². The van der Waals surface area contributed by atoms with E-state index in [1.54, 1.807) is 12.1 Å². The van der Waals surface area contributed by atoms with Gasteiger partial charge in [-0.3, -0.25) is 0 Å². The molecule has 1 aromatic carbocycles. The van der Waals surface area contributed by atoms with Crippen LogP contribution in [0.15, 0.2) is 18.2 Å². The molecule has 0 aliphatic carbocycles. The van der Waals surface area contributed by atoms with Crippen molar-refractivity contribution in [3.8, 4) is 0 Å². The third-order valence-corrected chi connectivity index (χ3v) is 3.34. The van der Waals surface area contributed by atoms with Gasteiger partial charge in [0.2, 0.25) is 0 Å². The van der Waals surface area contributed by atoms with Crippen LogP contribution < -0.4 is 0 Å². The van der Waals surface area contributed by atoms with Crippen LogP contribution in [-0.4, -0.2) is 34.9 Å². The van der Waals surface area contributed by atoms with Crippen LogP contribution >= 0.6 is 0 Å². The third kappa shape index (κ3) is 1.97. The minimum Gasteiger partial charge on any atom is -0.478 e. The van der Waals surface area contributed by atoms with Crippen molar-refractivity contribution in [2.45, 2.75) is 25.4 Å². The summed E-state index contributed by atoms with van der Waals surface area (Å²) in [7, 11) is 0. The van der Waals surface area contributed by atoms with E-state index in [0.29, 0.717) is 12.2 Å². The number of hydrogen-bond donors (Lipinski definition) is 2. The zero-order chi connectivity index (χ0) is 13.5. The second-order valence-electron chi connectivity index (χ2n) is 4.88. The fraction of sp³-hybridized carbons (Fsp3) is 0.385. The molecule has 1 fully saturated rings. The lowest BCUT2D eigenvalue weighted by molar-refractivity contribution is 0.0649. The average Bonchev–Trinajstić information content (AvgIpc) is 3.11. The van der Waals surface area contributed by atoms with E-state index < -0.39 is 17.4 Å². The van der Waals surface area contributed by atoms with Crippen molar-refractivity contribution in [3.63, 3.8) is 0 Å². The highest BCUT2D eigenvalue weighted by atomic mass is 16.6. The number of epoxide rings is 1. The summed E-state index contributed by atoms with van der Waals surface area (Å²) >= 11 is 0. The number of rotatable bonds is 4. The van der Waals surface area contributed by atoms with E-state index in [9.17, 15) is 14.7 Å². The predicted octanol–water partition coefficient (Wildman–Crippen LogP) is 1.76. The Kier molecular flexibility index (Phi) is 2.86. The first-order valence-electron chi connectivity index (χ1n) is 5.57. The van der Waals surface area contributed by atoms with Crippen LogP contribution in [0.25, 0.3) is 0 Å². The van der Waals surface area contributed by atoms with Crippen LogP contribution in [0.5, 0.6) is 0 Å². The van der Waals surface area contributed by atoms with Gasteiger partial charge in [-0.15, -0.1) is 0 Å². The van der Waals surface area contributed by atoms with Crippen LogP contribution in [0, 0.1) is 0 Å². The van der Waals surface area contributed by atoms with Crippen molar-refractivity contribution < 1.29 is 24.5 Å². The summed E-state index contributed by atoms with van der Waals surface area (Å²) in [6.45, 7) is 4.29. The summed E-state index contributed by atoms with van der Waals surface area (Å²) in [5.41, 5.74) is -0.351. The maximum absolute atomic E-state index is 11.3. The molecule has 2 N–H and O–H groups in total. The fourth-order valence-corrected chi connectivity index (χ4v) is 2.14. The smallest absolute Gasteiger partial charge is 0.336 e. The Hall–Kier alpha value is -1.88. The zero-order valence-electron chi connectivity index (χ0n) is 10.1.